The Bertz CT molecular complexity index is 1660. The maximum Gasteiger partial charge on any atom is 0.433 e. The SMILES string of the molecule is CC(C)C(=O)O[C@@H]1[C@H](OC(=O)C(C)C)[C@@H](COc2ccc3ccc(C(F)(F)F)nc3c2)O[C@H]1n1ccc2c(N)ncnc21. The molecule has 228 valence electrons. The lowest BCUT2D eigenvalue weighted by Crippen LogP contribution is -2.42. The fourth-order valence-corrected chi connectivity index (χ4v) is 4.59. The van der Waals surface area contributed by atoms with Gasteiger partial charge in [0.2, 0.25) is 0 Å². The van der Waals surface area contributed by atoms with E-state index in [1.807, 2.05) is 0 Å². The number of nitrogens with two attached hydrogens (primary N) is 1. The van der Waals surface area contributed by atoms with Crippen molar-refractivity contribution >= 4 is 39.7 Å². The molecule has 0 aliphatic carbocycles. The monoisotopic (exact) mass is 601 g/mol. The molecular formula is C29H30F3N5O6. The minimum atomic E-state index is -4.61. The summed E-state index contributed by atoms with van der Waals surface area (Å²) >= 11 is 0. The van der Waals surface area contributed by atoms with Crippen LogP contribution in [-0.4, -0.2) is 56.4 Å². The zero-order chi connectivity index (χ0) is 31.1. The Morgan fingerprint density at radius 2 is 1.67 bits per heavy atom. The molecule has 14 heteroatoms. The average molecular weight is 602 g/mol. The van der Waals surface area contributed by atoms with Gasteiger partial charge in [0.1, 0.15) is 41.9 Å². The summed E-state index contributed by atoms with van der Waals surface area (Å²) in [7, 11) is 0. The molecule has 1 aliphatic rings. The molecule has 4 atom stereocenters. The van der Waals surface area contributed by atoms with Gasteiger partial charge < -0.3 is 29.2 Å². The predicted molar refractivity (Wildman–Crippen MR) is 148 cm³/mol. The van der Waals surface area contributed by atoms with Gasteiger partial charge in [0, 0.05) is 17.6 Å². The average Bonchev–Trinajstić information content (AvgIpc) is 3.53. The highest BCUT2D eigenvalue weighted by Gasteiger charge is 2.51. The maximum atomic E-state index is 13.2. The summed E-state index contributed by atoms with van der Waals surface area (Å²) in [5.41, 5.74) is 5.47. The fourth-order valence-electron chi connectivity index (χ4n) is 4.59. The molecule has 3 aromatic heterocycles. The molecule has 0 amide bonds. The fraction of sp³-hybridized carbons (Fsp3) is 0.414. The number of hydrogen-bond donors (Lipinski definition) is 1. The highest BCUT2D eigenvalue weighted by atomic mass is 19.4. The van der Waals surface area contributed by atoms with E-state index in [1.165, 1.54) is 18.5 Å². The standard InChI is InChI=1S/C29H30F3N5O6/c1-14(2)27(38)42-22-20(12-40-17-7-5-16-6-8-21(29(30,31)32)36-19(16)11-17)41-26(23(22)43-28(39)15(3)4)37-10-9-18-24(33)34-13-35-25(18)37/h5-11,13-15,20,22-23,26H,12H2,1-4H3,(H2,33,34,35)/t20-,22-,23-,26-/m1/s1. The molecule has 1 aliphatic heterocycles. The third-order valence-corrected chi connectivity index (χ3v) is 6.92. The number of anilines is 1. The summed E-state index contributed by atoms with van der Waals surface area (Å²) in [5.74, 6) is -1.65. The second-order valence-corrected chi connectivity index (χ2v) is 10.8. The van der Waals surface area contributed by atoms with Crippen molar-refractivity contribution in [3.05, 3.63) is 54.6 Å². The van der Waals surface area contributed by atoms with E-state index in [4.69, 9.17) is 24.7 Å². The van der Waals surface area contributed by atoms with Gasteiger partial charge in [-0.25, -0.2) is 15.0 Å². The molecule has 2 N–H and O–H groups in total. The van der Waals surface area contributed by atoms with E-state index in [0.29, 0.717) is 16.4 Å². The van der Waals surface area contributed by atoms with Gasteiger partial charge >= 0.3 is 18.1 Å². The first kappa shape index (κ1) is 30.0. The number of nitrogen functional groups attached to an aromatic ring is 1. The number of ether oxygens (including phenoxy) is 4. The molecule has 0 spiro atoms. The van der Waals surface area contributed by atoms with Gasteiger partial charge in [-0.3, -0.25) is 9.59 Å². The quantitative estimate of drug-likeness (QED) is 0.283. The Balaban J connectivity index is 1.48. The number of carbonyl (C=O) groups excluding carboxylic acids is 2. The van der Waals surface area contributed by atoms with E-state index in [9.17, 15) is 22.8 Å². The summed E-state index contributed by atoms with van der Waals surface area (Å²) in [6, 6.07) is 8.45. The third kappa shape index (κ3) is 6.19. The normalized spacial score (nSPS) is 20.7. The van der Waals surface area contributed by atoms with Crippen LogP contribution in [0.4, 0.5) is 19.0 Å². The van der Waals surface area contributed by atoms with Crippen molar-refractivity contribution in [3.8, 4) is 5.75 Å². The van der Waals surface area contributed by atoms with Gasteiger partial charge in [-0.15, -0.1) is 0 Å². The number of benzene rings is 1. The number of pyridine rings is 1. The molecule has 1 fully saturated rings. The highest BCUT2D eigenvalue weighted by Crippen LogP contribution is 2.38. The summed E-state index contributed by atoms with van der Waals surface area (Å²) in [6.45, 7) is 6.45. The van der Waals surface area contributed by atoms with Crippen LogP contribution in [0.2, 0.25) is 0 Å². The van der Waals surface area contributed by atoms with Crippen LogP contribution in [0.3, 0.4) is 0 Å². The molecule has 5 rings (SSSR count). The van der Waals surface area contributed by atoms with Crippen molar-refractivity contribution < 1.29 is 41.7 Å². The smallest absolute Gasteiger partial charge is 0.433 e. The lowest BCUT2D eigenvalue weighted by Gasteiger charge is -2.26. The van der Waals surface area contributed by atoms with Crippen molar-refractivity contribution in [1.29, 1.82) is 0 Å². The van der Waals surface area contributed by atoms with E-state index < -0.39 is 60.2 Å². The Labute approximate surface area is 244 Å². The first-order valence-corrected chi connectivity index (χ1v) is 13.6. The molecule has 0 radical (unpaired) electrons. The molecule has 11 nitrogen and oxygen atoms in total. The maximum absolute atomic E-state index is 13.2. The van der Waals surface area contributed by atoms with Crippen molar-refractivity contribution in [2.45, 2.75) is 58.4 Å². The van der Waals surface area contributed by atoms with E-state index >= 15 is 0 Å². The largest absolute Gasteiger partial charge is 0.491 e. The van der Waals surface area contributed by atoms with Crippen molar-refractivity contribution in [2.24, 2.45) is 11.8 Å². The van der Waals surface area contributed by atoms with E-state index in [-0.39, 0.29) is 23.7 Å². The minimum Gasteiger partial charge on any atom is -0.491 e. The predicted octanol–water partition coefficient (Wildman–Crippen LogP) is 4.69. The first-order valence-electron chi connectivity index (χ1n) is 13.6. The molecule has 1 saturated heterocycles. The number of hydrogen-bond acceptors (Lipinski definition) is 10. The van der Waals surface area contributed by atoms with Crippen LogP contribution in [0.15, 0.2) is 48.9 Å². The number of fused-ring (bicyclic) bond motifs is 2. The molecular weight excluding hydrogens is 571 g/mol. The molecule has 0 saturated carbocycles. The Hall–Kier alpha value is -4.46. The molecule has 43 heavy (non-hydrogen) atoms. The number of aromatic nitrogens is 4. The van der Waals surface area contributed by atoms with Crippen molar-refractivity contribution in [3.63, 3.8) is 0 Å². The Morgan fingerprint density at radius 3 is 2.35 bits per heavy atom. The number of carbonyl (C=O) groups is 2. The molecule has 4 aromatic rings. The molecule has 1 aromatic carbocycles. The van der Waals surface area contributed by atoms with Gasteiger partial charge in [-0.2, -0.15) is 13.2 Å². The summed E-state index contributed by atoms with van der Waals surface area (Å²) in [5, 5.41) is 1.03. The Kier molecular flexibility index (Phi) is 8.14. The number of nitrogens with zero attached hydrogens (tertiary/aromatic N) is 4. The topological polar surface area (TPSA) is 141 Å². The van der Waals surface area contributed by atoms with Crippen LogP contribution in [-0.2, 0) is 30.0 Å². The molecule has 0 unspecified atom stereocenters. The van der Waals surface area contributed by atoms with Gasteiger partial charge in [0.05, 0.1) is 22.7 Å². The van der Waals surface area contributed by atoms with Crippen molar-refractivity contribution in [1.82, 2.24) is 19.5 Å². The van der Waals surface area contributed by atoms with Gasteiger partial charge in [0.15, 0.2) is 18.4 Å². The van der Waals surface area contributed by atoms with E-state index in [1.54, 1.807) is 56.7 Å². The van der Waals surface area contributed by atoms with Crippen molar-refractivity contribution in [2.75, 3.05) is 12.3 Å². The van der Waals surface area contributed by atoms with Gasteiger partial charge in [-0.1, -0.05) is 33.8 Å². The van der Waals surface area contributed by atoms with Gasteiger partial charge in [0.25, 0.3) is 0 Å². The van der Waals surface area contributed by atoms with Gasteiger partial charge in [-0.05, 0) is 24.3 Å². The summed E-state index contributed by atoms with van der Waals surface area (Å²) in [6.07, 6.45) is -5.84. The van der Waals surface area contributed by atoms with Crippen LogP contribution in [0.5, 0.6) is 5.75 Å². The minimum absolute atomic E-state index is 0.0835. The summed E-state index contributed by atoms with van der Waals surface area (Å²) in [4.78, 5) is 37.6. The Morgan fingerprint density at radius 1 is 1.00 bits per heavy atom. The van der Waals surface area contributed by atoms with Crippen LogP contribution in [0, 0.1) is 11.8 Å². The second kappa shape index (κ2) is 11.7. The second-order valence-electron chi connectivity index (χ2n) is 10.8. The number of rotatable bonds is 8. The summed E-state index contributed by atoms with van der Waals surface area (Å²) < 4.78 is 65.2. The lowest BCUT2D eigenvalue weighted by molar-refractivity contribution is -0.172. The number of esters is 2. The highest BCUT2D eigenvalue weighted by molar-refractivity contribution is 5.86. The van der Waals surface area contributed by atoms with E-state index in [2.05, 4.69) is 15.0 Å². The molecule has 4 heterocycles. The zero-order valence-electron chi connectivity index (χ0n) is 23.7. The third-order valence-electron chi connectivity index (χ3n) is 6.92. The van der Waals surface area contributed by atoms with Crippen LogP contribution in [0.1, 0.15) is 39.6 Å². The number of halogens is 3. The van der Waals surface area contributed by atoms with Crippen LogP contribution in [0.25, 0.3) is 21.9 Å². The lowest BCUT2D eigenvalue weighted by atomic mass is 10.1. The van der Waals surface area contributed by atoms with Crippen LogP contribution >= 0.6 is 0 Å². The number of alkyl halides is 3. The molecule has 0 bridgehead atoms. The van der Waals surface area contributed by atoms with Crippen LogP contribution < -0.4 is 10.5 Å². The zero-order valence-corrected chi connectivity index (χ0v) is 23.7. The first-order chi connectivity index (χ1) is 20.3. The van der Waals surface area contributed by atoms with E-state index in [0.717, 1.165) is 6.07 Å².